The summed E-state index contributed by atoms with van der Waals surface area (Å²) >= 11 is 0. The van der Waals surface area contributed by atoms with E-state index in [2.05, 4.69) is 28.8 Å². The van der Waals surface area contributed by atoms with Gasteiger partial charge in [-0.15, -0.1) is 0 Å². The van der Waals surface area contributed by atoms with Crippen molar-refractivity contribution < 1.29 is 9.47 Å². The van der Waals surface area contributed by atoms with Crippen LogP contribution in [0.15, 0.2) is 6.33 Å². The molecule has 3 heterocycles. The standard InChI is InChI=1S/C19H29N5O2/c1-12-3-6-14(7-4-12)9-10-25-19-22-17(20)16-18(23-19)24(11-21-16)15-8-5-13(2)26-15/h11-15H,3-10H2,1-2H3,(H2,20,22,23). The quantitative estimate of drug-likeness (QED) is 0.876. The van der Waals surface area contributed by atoms with E-state index in [4.69, 9.17) is 15.2 Å². The van der Waals surface area contributed by atoms with Crippen LogP contribution in [-0.2, 0) is 4.74 Å². The molecule has 0 amide bonds. The zero-order valence-corrected chi connectivity index (χ0v) is 15.7. The Hall–Kier alpha value is -1.89. The van der Waals surface area contributed by atoms with Gasteiger partial charge >= 0.3 is 6.01 Å². The fraction of sp³-hybridized carbons (Fsp3) is 0.737. The molecule has 2 aliphatic rings. The van der Waals surface area contributed by atoms with Crippen LogP contribution >= 0.6 is 0 Å². The summed E-state index contributed by atoms with van der Waals surface area (Å²) in [5, 5.41) is 0. The summed E-state index contributed by atoms with van der Waals surface area (Å²) in [6.45, 7) is 5.06. The Kier molecular flexibility index (Phi) is 4.98. The molecule has 1 saturated carbocycles. The van der Waals surface area contributed by atoms with E-state index in [1.807, 2.05) is 4.57 Å². The second kappa shape index (κ2) is 7.39. The molecular weight excluding hydrogens is 330 g/mol. The average molecular weight is 359 g/mol. The van der Waals surface area contributed by atoms with Crippen LogP contribution in [0.5, 0.6) is 6.01 Å². The van der Waals surface area contributed by atoms with Gasteiger partial charge in [0.15, 0.2) is 17.0 Å². The van der Waals surface area contributed by atoms with E-state index in [9.17, 15) is 0 Å². The number of aromatic nitrogens is 4. The lowest BCUT2D eigenvalue weighted by atomic mass is 9.82. The minimum atomic E-state index is -0.0404. The highest BCUT2D eigenvalue weighted by Gasteiger charge is 2.26. The average Bonchev–Trinajstić information content (AvgIpc) is 3.23. The molecule has 1 aliphatic heterocycles. The first-order valence-corrected chi connectivity index (χ1v) is 9.88. The van der Waals surface area contributed by atoms with Gasteiger partial charge in [-0.05, 0) is 38.0 Å². The van der Waals surface area contributed by atoms with Crippen LogP contribution in [-0.4, -0.2) is 32.2 Å². The van der Waals surface area contributed by atoms with E-state index in [-0.39, 0.29) is 12.3 Å². The normalized spacial score (nSPS) is 29.3. The summed E-state index contributed by atoms with van der Waals surface area (Å²) < 4.78 is 13.7. The molecule has 0 radical (unpaired) electrons. The fourth-order valence-corrected chi connectivity index (χ4v) is 4.11. The number of nitrogen functional groups attached to an aromatic ring is 1. The van der Waals surface area contributed by atoms with E-state index in [1.54, 1.807) is 6.33 Å². The maximum absolute atomic E-state index is 6.08. The molecule has 2 atom stereocenters. The second-order valence-corrected chi connectivity index (χ2v) is 7.96. The minimum absolute atomic E-state index is 0.0404. The molecule has 7 nitrogen and oxygen atoms in total. The molecule has 2 N–H and O–H groups in total. The predicted octanol–water partition coefficient (Wildman–Crippen LogP) is 3.70. The number of imidazole rings is 1. The highest BCUT2D eigenvalue weighted by atomic mass is 16.5. The second-order valence-electron chi connectivity index (χ2n) is 7.96. The number of hydrogen-bond acceptors (Lipinski definition) is 6. The van der Waals surface area contributed by atoms with E-state index in [0.29, 0.717) is 29.6 Å². The molecule has 2 aromatic rings. The topological polar surface area (TPSA) is 88.1 Å². The number of anilines is 1. The Bertz CT molecular complexity index is 754. The third kappa shape index (κ3) is 3.63. The van der Waals surface area contributed by atoms with Gasteiger partial charge in [-0.3, -0.25) is 4.57 Å². The SMILES string of the molecule is CC1CCC(CCOc2nc(N)c3ncn(C4CCC(C)O4)c3n2)CC1. The van der Waals surface area contributed by atoms with Crippen molar-refractivity contribution in [3.8, 4) is 6.01 Å². The maximum Gasteiger partial charge on any atom is 0.320 e. The number of hydrogen-bond donors (Lipinski definition) is 1. The van der Waals surface area contributed by atoms with Gasteiger partial charge in [0.25, 0.3) is 0 Å². The fourth-order valence-electron chi connectivity index (χ4n) is 4.11. The van der Waals surface area contributed by atoms with Gasteiger partial charge in [0, 0.05) is 0 Å². The van der Waals surface area contributed by atoms with Crippen molar-refractivity contribution in [2.45, 2.75) is 71.1 Å². The molecule has 0 aromatic carbocycles. The molecule has 7 heteroatoms. The van der Waals surface area contributed by atoms with Crippen LogP contribution in [0.4, 0.5) is 5.82 Å². The molecule has 26 heavy (non-hydrogen) atoms. The molecule has 2 unspecified atom stereocenters. The Morgan fingerprint density at radius 3 is 2.69 bits per heavy atom. The number of nitrogens with two attached hydrogens (primary N) is 1. The van der Waals surface area contributed by atoms with Crippen molar-refractivity contribution in [1.29, 1.82) is 0 Å². The third-order valence-corrected chi connectivity index (χ3v) is 5.84. The molecule has 142 valence electrons. The first-order chi connectivity index (χ1) is 12.6. The number of nitrogens with zero attached hydrogens (tertiary/aromatic N) is 4. The Morgan fingerprint density at radius 1 is 1.15 bits per heavy atom. The molecule has 1 saturated heterocycles. The first kappa shape index (κ1) is 17.5. The largest absolute Gasteiger partial charge is 0.463 e. The summed E-state index contributed by atoms with van der Waals surface area (Å²) in [6, 6.07) is 0.340. The van der Waals surface area contributed by atoms with Gasteiger partial charge in [0.1, 0.15) is 6.23 Å². The van der Waals surface area contributed by atoms with Crippen molar-refractivity contribution >= 4 is 17.0 Å². The zero-order chi connectivity index (χ0) is 18.1. The van der Waals surface area contributed by atoms with Crippen LogP contribution < -0.4 is 10.5 Å². The summed E-state index contributed by atoms with van der Waals surface area (Å²) in [5.74, 6) is 1.99. The predicted molar refractivity (Wildman–Crippen MR) is 99.8 cm³/mol. The van der Waals surface area contributed by atoms with E-state index in [1.165, 1.54) is 25.7 Å². The molecule has 0 spiro atoms. The molecule has 2 aromatic heterocycles. The van der Waals surface area contributed by atoms with Gasteiger partial charge in [0.05, 0.1) is 19.0 Å². The van der Waals surface area contributed by atoms with E-state index in [0.717, 1.165) is 31.1 Å². The lowest BCUT2D eigenvalue weighted by Gasteiger charge is -2.25. The van der Waals surface area contributed by atoms with Crippen molar-refractivity contribution in [2.24, 2.45) is 11.8 Å². The van der Waals surface area contributed by atoms with Gasteiger partial charge < -0.3 is 15.2 Å². The summed E-state index contributed by atoms with van der Waals surface area (Å²) in [6.07, 6.45) is 10.3. The maximum atomic E-state index is 6.08. The first-order valence-electron chi connectivity index (χ1n) is 9.88. The molecule has 1 aliphatic carbocycles. The van der Waals surface area contributed by atoms with Crippen molar-refractivity contribution in [1.82, 2.24) is 19.5 Å². The summed E-state index contributed by atoms with van der Waals surface area (Å²) in [4.78, 5) is 13.2. The van der Waals surface area contributed by atoms with Crippen LogP contribution in [0.3, 0.4) is 0 Å². The molecule has 2 fully saturated rings. The van der Waals surface area contributed by atoms with E-state index < -0.39 is 0 Å². The Balaban J connectivity index is 1.44. The molecule has 4 rings (SSSR count). The molecule has 0 bridgehead atoms. The Morgan fingerprint density at radius 2 is 1.96 bits per heavy atom. The van der Waals surface area contributed by atoms with Gasteiger partial charge in [-0.1, -0.05) is 32.6 Å². The number of rotatable bonds is 5. The highest BCUT2D eigenvalue weighted by molar-refractivity contribution is 5.81. The van der Waals surface area contributed by atoms with Crippen LogP contribution in [0, 0.1) is 11.8 Å². The molecular formula is C19H29N5O2. The lowest BCUT2D eigenvalue weighted by molar-refractivity contribution is 0.0131. The van der Waals surface area contributed by atoms with Crippen LogP contribution in [0.25, 0.3) is 11.2 Å². The minimum Gasteiger partial charge on any atom is -0.463 e. The highest BCUT2D eigenvalue weighted by Crippen LogP contribution is 2.32. The Labute approximate surface area is 154 Å². The monoisotopic (exact) mass is 359 g/mol. The lowest BCUT2D eigenvalue weighted by Crippen LogP contribution is -2.15. The van der Waals surface area contributed by atoms with Crippen molar-refractivity contribution in [3.63, 3.8) is 0 Å². The zero-order valence-electron chi connectivity index (χ0n) is 15.7. The van der Waals surface area contributed by atoms with Crippen molar-refractivity contribution in [3.05, 3.63) is 6.33 Å². The van der Waals surface area contributed by atoms with Gasteiger partial charge in [-0.25, -0.2) is 4.98 Å². The number of ether oxygens (including phenoxy) is 2. The summed E-state index contributed by atoms with van der Waals surface area (Å²) in [5.41, 5.74) is 7.38. The van der Waals surface area contributed by atoms with Crippen LogP contribution in [0.2, 0.25) is 0 Å². The van der Waals surface area contributed by atoms with E-state index >= 15 is 0 Å². The van der Waals surface area contributed by atoms with Gasteiger partial charge in [-0.2, -0.15) is 9.97 Å². The number of fused-ring (bicyclic) bond motifs is 1. The van der Waals surface area contributed by atoms with Gasteiger partial charge in [0.2, 0.25) is 0 Å². The smallest absolute Gasteiger partial charge is 0.320 e. The van der Waals surface area contributed by atoms with Crippen LogP contribution in [0.1, 0.15) is 65.0 Å². The third-order valence-electron chi connectivity index (χ3n) is 5.84. The van der Waals surface area contributed by atoms with Crippen molar-refractivity contribution in [2.75, 3.05) is 12.3 Å². The summed E-state index contributed by atoms with van der Waals surface area (Å²) in [7, 11) is 0.